The van der Waals surface area contributed by atoms with Crippen LogP contribution in [0, 0.1) is 0 Å². The average molecular weight is 457 g/mol. The van der Waals surface area contributed by atoms with Gasteiger partial charge in [0.15, 0.2) is 0 Å². The van der Waals surface area contributed by atoms with Crippen LogP contribution < -0.4 is 22.9 Å². The van der Waals surface area contributed by atoms with E-state index in [4.69, 9.17) is 38.3 Å². The Bertz CT molecular complexity index is 716. The Morgan fingerprint density at radius 1 is 0.781 bits per heavy atom. The number of imidazole rings is 2. The van der Waals surface area contributed by atoms with Gasteiger partial charge in [0.25, 0.3) is 0 Å². The molecule has 13 N–H and O–H groups in total. The smallest absolute Gasteiger partial charge is 0.320 e. The first-order chi connectivity index (χ1) is 15.1. The van der Waals surface area contributed by atoms with E-state index in [1.807, 2.05) is 0 Å². The molecule has 0 amide bonds. The number of aromatic amines is 2. The zero-order valence-corrected chi connectivity index (χ0v) is 17.6. The number of unbranched alkanes of at least 4 members (excludes halogenated alkanes) is 1. The average Bonchev–Trinajstić information content (AvgIpc) is 3.43. The number of nitrogens with two attached hydrogens (primary N) is 4. The molecule has 14 nitrogen and oxygen atoms in total. The summed E-state index contributed by atoms with van der Waals surface area (Å²) in [4.78, 5) is 43.8. The van der Waals surface area contributed by atoms with Crippen LogP contribution in [0.4, 0.5) is 0 Å². The Balaban J connectivity index is 0.000000452. The van der Waals surface area contributed by atoms with Crippen molar-refractivity contribution in [3.63, 3.8) is 0 Å². The van der Waals surface area contributed by atoms with E-state index in [0.717, 1.165) is 12.8 Å². The molecule has 0 aromatic carbocycles. The molecule has 180 valence electrons. The van der Waals surface area contributed by atoms with E-state index in [2.05, 4.69) is 19.9 Å². The highest BCUT2D eigenvalue weighted by Gasteiger charge is 2.13. The molecule has 0 spiro atoms. The molecular formula is C18H32N8O6. The maximum Gasteiger partial charge on any atom is 0.320 e. The number of aliphatic carboxylic acids is 3. The number of aromatic nitrogens is 4. The minimum Gasteiger partial charge on any atom is -0.480 e. The summed E-state index contributed by atoms with van der Waals surface area (Å²) in [6, 6.07) is -2.44. The van der Waals surface area contributed by atoms with Crippen LogP contribution in [0.5, 0.6) is 0 Å². The van der Waals surface area contributed by atoms with Crippen molar-refractivity contribution in [2.75, 3.05) is 6.54 Å². The molecule has 0 aliphatic rings. The predicted octanol–water partition coefficient (Wildman–Crippen LogP) is -1.74. The zero-order chi connectivity index (χ0) is 24.5. The van der Waals surface area contributed by atoms with Gasteiger partial charge >= 0.3 is 17.9 Å². The minimum atomic E-state index is -1.01. The third-order valence-corrected chi connectivity index (χ3v) is 3.89. The van der Waals surface area contributed by atoms with Crippen molar-refractivity contribution in [1.82, 2.24) is 19.9 Å². The van der Waals surface area contributed by atoms with Crippen LogP contribution in [0.2, 0.25) is 0 Å². The largest absolute Gasteiger partial charge is 0.480 e. The molecule has 2 heterocycles. The minimum absolute atomic E-state index is 0.263. The van der Waals surface area contributed by atoms with Crippen LogP contribution in [0.3, 0.4) is 0 Å². The third-order valence-electron chi connectivity index (χ3n) is 3.89. The molecule has 0 saturated carbocycles. The lowest BCUT2D eigenvalue weighted by atomic mass is 10.1. The normalized spacial score (nSPS) is 12.9. The Labute approximate surface area is 184 Å². The second-order valence-corrected chi connectivity index (χ2v) is 6.65. The molecule has 2 aromatic rings. The molecule has 0 fully saturated rings. The lowest BCUT2D eigenvalue weighted by Gasteiger charge is -2.03. The molecule has 0 aliphatic carbocycles. The molecule has 3 unspecified atom stereocenters. The number of carboxylic acids is 3. The van der Waals surface area contributed by atoms with Gasteiger partial charge in [-0.05, 0) is 19.4 Å². The highest BCUT2D eigenvalue weighted by atomic mass is 16.4. The number of rotatable bonds is 11. The first-order valence-electron chi connectivity index (χ1n) is 9.68. The Hall–Kier alpha value is -3.33. The molecule has 14 heteroatoms. The number of nitrogens with zero attached hydrogens (tertiary/aromatic N) is 2. The quantitative estimate of drug-likeness (QED) is 0.170. The molecule has 0 radical (unpaired) electrons. The molecule has 2 rings (SSSR count). The van der Waals surface area contributed by atoms with Gasteiger partial charge in [-0.25, -0.2) is 9.97 Å². The highest BCUT2D eigenvalue weighted by molar-refractivity contribution is 5.74. The lowest BCUT2D eigenvalue weighted by molar-refractivity contribution is -0.139. The summed E-state index contributed by atoms with van der Waals surface area (Å²) in [6.45, 7) is 0.604. The van der Waals surface area contributed by atoms with Gasteiger partial charge in [-0.1, -0.05) is 6.42 Å². The van der Waals surface area contributed by atoms with E-state index in [1.165, 1.54) is 12.7 Å². The van der Waals surface area contributed by atoms with E-state index in [1.54, 1.807) is 12.4 Å². The third kappa shape index (κ3) is 13.8. The van der Waals surface area contributed by atoms with Crippen LogP contribution in [-0.2, 0) is 27.2 Å². The van der Waals surface area contributed by atoms with Gasteiger partial charge in [0, 0.05) is 25.2 Å². The van der Waals surface area contributed by atoms with Crippen molar-refractivity contribution in [3.8, 4) is 0 Å². The summed E-state index contributed by atoms with van der Waals surface area (Å²) in [5.74, 6) is -2.95. The number of nitrogens with one attached hydrogen (secondary N) is 2. The van der Waals surface area contributed by atoms with Gasteiger partial charge in [-0.2, -0.15) is 0 Å². The fraction of sp³-hybridized carbons (Fsp3) is 0.500. The van der Waals surface area contributed by atoms with Crippen molar-refractivity contribution in [2.24, 2.45) is 22.9 Å². The molecule has 2 aromatic heterocycles. The van der Waals surface area contributed by atoms with Crippen LogP contribution in [-0.4, -0.2) is 77.8 Å². The summed E-state index contributed by atoms with van der Waals surface area (Å²) < 4.78 is 0. The summed E-state index contributed by atoms with van der Waals surface area (Å²) in [5.41, 5.74) is 22.3. The van der Waals surface area contributed by atoms with Gasteiger partial charge < -0.3 is 48.2 Å². The monoisotopic (exact) mass is 456 g/mol. The van der Waals surface area contributed by atoms with Gasteiger partial charge in [-0.15, -0.1) is 0 Å². The van der Waals surface area contributed by atoms with Crippen LogP contribution in [0.15, 0.2) is 25.0 Å². The van der Waals surface area contributed by atoms with Crippen molar-refractivity contribution in [1.29, 1.82) is 0 Å². The zero-order valence-electron chi connectivity index (χ0n) is 17.6. The summed E-state index contributed by atoms with van der Waals surface area (Å²) >= 11 is 0. The predicted molar refractivity (Wildman–Crippen MR) is 114 cm³/mol. The summed E-state index contributed by atoms with van der Waals surface area (Å²) in [7, 11) is 0. The molecule has 3 atom stereocenters. The van der Waals surface area contributed by atoms with Crippen molar-refractivity contribution >= 4 is 17.9 Å². The Morgan fingerprint density at radius 3 is 1.47 bits per heavy atom. The maximum atomic E-state index is 10.3. The van der Waals surface area contributed by atoms with E-state index < -0.39 is 36.0 Å². The van der Waals surface area contributed by atoms with Crippen LogP contribution >= 0.6 is 0 Å². The van der Waals surface area contributed by atoms with Crippen molar-refractivity contribution < 1.29 is 29.7 Å². The molecule has 0 saturated heterocycles. The van der Waals surface area contributed by atoms with Crippen molar-refractivity contribution in [2.45, 2.75) is 50.2 Å². The SMILES string of the molecule is NC(Cc1c[nH]cn1)C(=O)O.NC(Cc1c[nH]cn1)C(=O)O.NCCCCC(N)C(=O)O. The fourth-order valence-corrected chi connectivity index (χ4v) is 2.06. The standard InChI is InChI=1S/2C6H9N3O2.C6H14N2O2/c2*7-5(6(10)11)1-4-2-8-3-9-4;7-4-2-1-3-5(8)6(9)10/h2*2-3,5H,1,7H2,(H,8,9)(H,10,11);5H,1-4,7-8H2,(H,9,10). The first-order valence-corrected chi connectivity index (χ1v) is 9.68. The van der Waals surface area contributed by atoms with Crippen LogP contribution in [0.25, 0.3) is 0 Å². The maximum absolute atomic E-state index is 10.3. The Morgan fingerprint density at radius 2 is 1.19 bits per heavy atom. The highest BCUT2D eigenvalue weighted by Crippen LogP contribution is 1.97. The van der Waals surface area contributed by atoms with Gasteiger partial charge in [0.05, 0.1) is 24.0 Å². The van der Waals surface area contributed by atoms with Gasteiger partial charge in [0.2, 0.25) is 0 Å². The number of hydrogen-bond acceptors (Lipinski definition) is 9. The second kappa shape index (κ2) is 16.4. The first kappa shape index (κ1) is 28.7. The molecule has 0 aliphatic heterocycles. The molecule has 32 heavy (non-hydrogen) atoms. The number of hydrogen-bond donors (Lipinski definition) is 9. The van der Waals surface area contributed by atoms with E-state index in [-0.39, 0.29) is 12.8 Å². The fourth-order valence-electron chi connectivity index (χ4n) is 2.06. The van der Waals surface area contributed by atoms with E-state index >= 15 is 0 Å². The number of carboxylic acid groups (broad SMARTS) is 3. The number of H-pyrrole nitrogens is 2. The van der Waals surface area contributed by atoms with Crippen molar-refractivity contribution in [3.05, 3.63) is 36.4 Å². The number of carbonyl (C=O) groups is 3. The van der Waals surface area contributed by atoms with E-state index in [0.29, 0.717) is 24.4 Å². The van der Waals surface area contributed by atoms with E-state index in [9.17, 15) is 14.4 Å². The molecule has 0 bridgehead atoms. The summed E-state index contributed by atoms with van der Waals surface area (Å²) in [6.07, 6.45) is 8.93. The second-order valence-electron chi connectivity index (χ2n) is 6.65. The topological polar surface area (TPSA) is 273 Å². The summed E-state index contributed by atoms with van der Waals surface area (Å²) in [5, 5.41) is 25.2. The lowest BCUT2D eigenvalue weighted by Crippen LogP contribution is -2.32. The Kier molecular flexibility index (Phi) is 14.7. The van der Waals surface area contributed by atoms with Crippen LogP contribution in [0.1, 0.15) is 30.7 Å². The molecular weight excluding hydrogens is 424 g/mol. The van der Waals surface area contributed by atoms with Gasteiger partial charge in [-0.3, -0.25) is 14.4 Å². The van der Waals surface area contributed by atoms with Gasteiger partial charge in [0.1, 0.15) is 18.1 Å².